The van der Waals surface area contributed by atoms with E-state index in [2.05, 4.69) is 10.3 Å². The molecule has 136 valence electrons. The van der Waals surface area contributed by atoms with Gasteiger partial charge < -0.3 is 11.1 Å². The number of pyridine rings is 1. The second kappa shape index (κ2) is 7.61. The first kappa shape index (κ1) is 18.0. The number of nitrogens with zero attached hydrogens (tertiary/aromatic N) is 2. The van der Waals surface area contributed by atoms with Crippen molar-refractivity contribution in [3.05, 3.63) is 82.0 Å². The Bertz CT molecular complexity index is 1030. The van der Waals surface area contributed by atoms with Gasteiger partial charge in [-0.25, -0.2) is 0 Å². The first-order valence-electron chi connectivity index (χ1n) is 8.13. The highest BCUT2D eigenvalue weighted by Gasteiger charge is 2.21. The van der Waals surface area contributed by atoms with Gasteiger partial charge in [-0.15, -0.1) is 0 Å². The molecule has 3 rings (SSSR count). The standard InChI is InChI=1S/C19H16N4O4/c20-18(24)17(11-14-9-8-12-4-1-2-7-16(12)21-14)22-19(25)13-5-3-6-15(10-13)23(26)27/h1-10,17H,11H2,(H2,20,24)(H,22,25)/t17-/m0/s1. The number of nitro groups is 1. The summed E-state index contributed by atoms with van der Waals surface area (Å²) in [5, 5.41) is 14.3. The Morgan fingerprint density at radius 2 is 1.89 bits per heavy atom. The largest absolute Gasteiger partial charge is 0.368 e. The van der Waals surface area contributed by atoms with Crippen LogP contribution in [0.2, 0.25) is 0 Å². The molecule has 27 heavy (non-hydrogen) atoms. The molecule has 3 aromatic rings. The minimum absolute atomic E-state index is 0.0712. The lowest BCUT2D eigenvalue weighted by molar-refractivity contribution is -0.384. The summed E-state index contributed by atoms with van der Waals surface area (Å²) in [4.78, 5) is 38.9. The molecular formula is C19H16N4O4. The second-order valence-corrected chi connectivity index (χ2v) is 5.94. The number of rotatable bonds is 6. The third kappa shape index (κ3) is 4.24. The number of carbonyl (C=O) groups excluding carboxylic acids is 2. The zero-order valence-corrected chi connectivity index (χ0v) is 14.2. The number of non-ortho nitro benzene ring substituents is 1. The smallest absolute Gasteiger partial charge is 0.270 e. The maximum Gasteiger partial charge on any atom is 0.270 e. The van der Waals surface area contributed by atoms with Crippen molar-refractivity contribution in [2.45, 2.75) is 12.5 Å². The monoisotopic (exact) mass is 364 g/mol. The molecule has 1 aromatic heterocycles. The number of hydrogen-bond acceptors (Lipinski definition) is 5. The highest BCUT2D eigenvalue weighted by atomic mass is 16.6. The summed E-state index contributed by atoms with van der Waals surface area (Å²) < 4.78 is 0. The summed E-state index contributed by atoms with van der Waals surface area (Å²) in [6, 6.07) is 15.4. The minimum Gasteiger partial charge on any atom is -0.368 e. The van der Waals surface area contributed by atoms with Crippen molar-refractivity contribution < 1.29 is 14.5 Å². The molecule has 0 spiro atoms. The van der Waals surface area contributed by atoms with Crippen LogP contribution in [0.3, 0.4) is 0 Å². The van der Waals surface area contributed by atoms with E-state index in [1.807, 2.05) is 30.3 Å². The molecule has 0 bridgehead atoms. The Morgan fingerprint density at radius 1 is 1.11 bits per heavy atom. The number of carbonyl (C=O) groups is 2. The molecule has 0 aliphatic carbocycles. The van der Waals surface area contributed by atoms with Crippen LogP contribution >= 0.6 is 0 Å². The van der Waals surface area contributed by atoms with Gasteiger partial charge in [0.05, 0.1) is 10.4 Å². The van der Waals surface area contributed by atoms with Gasteiger partial charge >= 0.3 is 0 Å². The summed E-state index contributed by atoms with van der Waals surface area (Å²) >= 11 is 0. The molecule has 2 amide bonds. The van der Waals surface area contributed by atoms with Gasteiger partial charge in [-0.05, 0) is 18.2 Å². The topological polar surface area (TPSA) is 128 Å². The van der Waals surface area contributed by atoms with Crippen LogP contribution in [-0.2, 0) is 11.2 Å². The van der Waals surface area contributed by atoms with E-state index in [-0.39, 0.29) is 17.7 Å². The predicted molar refractivity (Wildman–Crippen MR) is 99.0 cm³/mol. The van der Waals surface area contributed by atoms with Gasteiger partial charge in [0, 0.05) is 35.2 Å². The van der Waals surface area contributed by atoms with Crippen molar-refractivity contribution in [2.75, 3.05) is 0 Å². The number of primary amides is 1. The zero-order valence-electron chi connectivity index (χ0n) is 14.2. The molecule has 0 aliphatic heterocycles. The Labute approximate surface area is 154 Å². The van der Waals surface area contributed by atoms with Gasteiger partial charge in [-0.2, -0.15) is 0 Å². The molecule has 0 aliphatic rings. The van der Waals surface area contributed by atoms with Gasteiger partial charge in [0.25, 0.3) is 11.6 Å². The Hall–Kier alpha value is -3.81. The summed E-state index contributed by atoms with van der Waals surface area (Å²) in [7, 11) is 0. The molecule has 3 N–H and O–H groups in total. The number of amides is 2. The number of nitrogens with two attached hydrogens (primary N) is 1. The highest BCUT2D eigenvalue weighted by molar-refractivity contribution is 5.97. The molecule has 0 saturated heterocycles. The average Bonchev–Trinajstić information content (AvgIpc) is 2.67. The van der Waals surface area contributed by atoms with Gasteiger partial charge in [0.2, 0.25) is 5.91 Å². The van der Waals surface area contributed by atoms with Crippen LogP contribution in [-0.4, -0.2) is 27.8 Å². The SMILES string of the molecule is NC(=O)[C@H](Cc1ccc2ccccc2n1)NC(=O)c1cccc([N+](=O)[O-])c1. The summed E-state index contributed by atoms with van der Waals surface area (Å²) in [6.45, 7) is 0. The molecule has 0 fully saturated rings. The molecule has 8 heteroatoms. The number of fused-ring (bicyclic) bond motifs is 1. The quantitative estimate of drug-likeness (QED) is 0.510. The van der Waals surface area contributed by atoms with E-state index in [0.717, 1.165) is 17.0 Å². The van der Waals surface area contributed by atoms with E-state index in [1.54, 1.807) is 6.07 Å². The summed E-state index contributed by atoms with van der Waals surface area (Å²) in [6.07, 6.45) is 0.112. The first-order chi connectivity index (χ1) is 12.9. The van der Waals surface area contributed by atoms with Crippen LogP contribution in [0.5, 0.6) is 0 Å². The molecule has 2 aromatic carbocycles. The van der Waals surface area contributed by atoms with Crippen molar-refractivity contribution in [3.63, 3.8) is 0 Å². The van der Waals surface area contributed by atoms with Crippen molar-refractivity contribution in [3.8, 4) is 0 Å². The van der Waals surface area contributed by atoms with Crippen LogP contribution in [0.25, 0.3) is 10.9 Å². The van der Waals surface area contributed by atoms with E-state index >= 15 is 0 Å². The van der Waals surface area contributed by atoms with Crippen LogP contribution in [0.15, 0.2) is 60.7 Å². The maximum atomic E-state index is 12.4. The van der Waals surface area contributed by atoms with Gasteiger partial charge in [0.1, 0.15) is 6.04 Å². The Morgan fingerprint density at radius 3 is 2.63 bits per heavy atom. The number of benzene rings is 2. The first-order valence-corrected chi connectivity index (χ1v) is 8.13. The fourth-order valence-corrected chi connectivity index (χ4v) is 2.66. The number of para-hydroxylation sites is 1. The van der Waals surface area contributed by atoms with Crippen LogP contribution in [0, 0.1) is 10.1 Å². The van der Waals surface area contributed by atoms with Gasteiger partial charge in [-0.1, -0.05) is 30.3 Å². The molecule has 1 heterocycles. The van der Waals surface area contributed by atoms with E-state index in [1.165, 1.54) is 18.2 Å². The number of hydrogen-bond donors (Lipinski definition) is 2. The summed E-state index contributed by atoms with van der Waals surface area (Å²) in [5.74, 6) is -1.34. The van der Waals surface area contributed by atoms with Gasteiger partial charge in [0.15, 0.2) is 0 Å². The fraction of sp³-hybridized carbons (Fsp3) is 0.105. The average molecular weight is 364 g/mol. The normalized spacial score (nSPS) is 11.7. The Kier molecular flexibility index (Phi) is 5.07. The molecule has 8 nitrogen and oxygen atoms in total. The van der Waals surface area contributed by atoms with E-state index in [4.69, 9.17) is 5.73 Å². The predicted octanol–water partition coefficient (Wildman–Crippen LogP) is 1.97. The number of nitrogens with one attached hydrogen (secondary N) is 1. The second-order valence-electron chi connectivity index (χ2n) is 5.94. The summed E-state index contributed by atoms with van der Waals surface area (Å²) in [5.41, 5.74) is 6.63. The van der Waals surface area contributed by atoms with Crippen LogP contribution in [0.4, 0.5) is 5.69 Å². The molecule has 0 saturated carbocycles. The number of nitro benzene ring substituents is 1. The third-order valence-corrected chi connectivity index (χ3v) is 4.04. The van der Waals surface area contributed by atoms with Crippen molar-refractivity contribution in [1.29, 1.82) is 0 Å². The maximum absolute atomic E-state index is 12.4. The fourth-order valence-electron chi connectivity index (χ4n) is 2.66. The Balaban J connectivity index is 1.79. The minimum atomic E-state index is -0.995. The molecular weight excluding hydrogens is 348 g/mol. The molecule has 0 unspecified atom stereocenters. The van der Waals surface area contributed by atoms with Crippen molar-refractivity contribution in [1.82, 2.24) is 10.3 Å². The lowest BCUT2D eigenvalue weighted by atomic mass is 10.1. The number of aromatic nitrogens is 1. The van der Waals surface area contributed by atoms with E-state index in [9.17, 15) is 19.7 Å². The van der Waals surface area contributed by atoms with Crippen molar-refractivity contribution >= 4 is 28.4 Å². The van der Waals surface area contributed by atoms with E-state index in [0.29, 0.717) is 5.69 Å². The lowest BCUT2D eigenvalue weighted by Crippen LogP contribution is -2.46. The zero-order chi connectivity index (χ0) is 19.4. The lowest BCUT2D eigenvalue weighted by Gasteiger charge is -2.15. The molecule has 0 radical (unpaired) electrons. The van der Waals surface area contributed by atoms with Crippen LogP contribution < -0.4 is 11.1 Å². The molecule has 1 atom stereocenters. The van der Waals surface area contributed by atoms with Gasteiger partial charge in [-0.3, -0.25) is 24.7 Å². The van der Waals surface area contributed by atoms with Crippen molar-refractivity contribution in [2.24, 2.45) is 5.73 Å². The van der Waals surface area contributed by atoms with Crippen LogP contribution in [0.1, 0.15) is 16.1 Å². The third-order valence-electron chi connectivity index (χ3n) is 4.04. The highest BCUT2D eigenvalue weighted by Crippen LogP contribution is 2.15. The van der Waals surface area contributed by atoms with E-state index < -0.39 is 22.8 Å².